The predicted molar refractivity (Wildman–Crippen MR) is 114 cm³/mol. The van der Waals surface area contributed by atoms with Crippen LogP contribution in [0.2, 0.25) is 0 Å². The van der Waals surface area contributed by atoms with Gasteiger partial charge in [-0.25, -0.2) is 8.78 Å². The molecule has 2 aliphatic rings. The van der Waals surface area contributed by atoms with Crippen molar-refractivity contribution in [2.75, 3.05) is 6.61 Å². The van der Waals surface area contributed by atoms with E-state index in [0.717, 1.165) is 37.9 Å². The average molecular weight is 433 g/mol. The zero-order valence-corrected chi connectivity index (χ0v) is 18.0. The van der Waals surface area contributed by atoms with Gasteiger partial charge in [0.2, 0.25) is 0 Å². The number of hydrogen-bond donors (Lipinski definition) is 0. The van der Waals surface area contributed by atoms with Gasteiger partial charge in [0.25, 0.3) is 0 Å². The Balaban J connectivity index is 1.70. The van der Waals surface area contributed by atoms with Gasteiger partial charge in [0.15, 0.2) is 0 Å². The van der Waals surface area contributed by atoms with Crippen molar-refractivity contribution in [3.05, 3.63) is 70.0 Å². The lowest BCUT2D eigenvalue weighted by atomic mass is 9.90. The first-order valence-corrected chi connectivity index (χ1v) is 11.2. The van der Waals surface area contributed by atoms with E-state index in [1.54, 1.807) is 12.1 Å². The fourth-order valence-electron chi connectivity index (χ4n) is 4.72. The average Bonchev–Trinajstić information content (AvgIpc) is 2.99. The summed E-state index contributed by atoms with van der Waals surface area (Å²) in [6.07, 6.45) is 7.22. The van der Waals surface area contributed by atoms with Crippen LogP contribution in [-0.2, 0) is 17.1 Å². The molecule has 0 saturated heterocycles. The Morgan fingerprint density at radius 1 is 0.903 bits per heavy atom. The molecule has 166 valence electrons. The van der Waals surface area contributed by atoms with Crippen molar-refractivity contribution >= 4 is 0 Å². The van der Waals surface area contributed by atoms with E-state index in [2.05, 4.69) is 0 Å². The number of halogens is 4. The molecular formula is C26H28F4O. The van der Waals surface area contributed by atoms with E-state index in [-0.39, 0.29) is 34.8 Å². The van der Waals surface area contributed by atoms with Gasteiger partial charge in [-0.05, 0) is 54.0 Å². The smallest absolute Gasteiger partial charge is 0.305 e. The molecule has 2 aromatic carbocycles. The molecule has 1 heterocycles. The fraction of sp³-hybridized carbons (Fsp3) is 0.462. The molecule has 5 heteroatoms. The van der Waals surface area contributed by atoms with E-state index in [0.29, 0.717) is 12.8 Å². The quantitative estimate of drug-likeness (QED) is 0.318. The summed E-state index contributed by atoms with van der Waals surface area (Å²) < 4.78 is 67.1. The molecule has 0 spiro atoms. The van der Waals surface area contributed by atoms with E-state index in [4.69, 9.17) is 4.74 Å². The maximum absolute atomic E-state index is 15.5. The van der Waals surface area contributed by atoms with Crippen LogP contribution in [0.3, 0.4) is 0 Å². The Labute approximate surface area is 181 Å². The van der Waals surface area contributed by atoms with Crippen molar-refractivity contribution in [3.63, 3.8) is 0 Å². The largest absolute Gasteiger partial charge is 0.498 e. The summed E-state index contributed by atoms with van der Waals surface area (Å²) in [5, 5.41) is 0. The Morgan fingerprint density at radius 2 is 1.61 bits per heavy atom. The minimum Gasteiger partial charge on any atom is -0.498 e. The predicted octanol–water partition coefficient (Wildman–Crippen LogP) is 8.01. The van der Waals surface area contributed by atoms with Crippen molar-refractivity contribution in [1.82, 2.24) is 0 Å². The van der Waals surface area contributed by atoms with Crippen LogP contribution in [0.1, 0.15) is 80.5 Å². The van der Waals surface area contributed by atoms with Crippen LogP contribution >= 0.6 is 0 Å². The van der Waals surface area contributed by atoms with Crippen molar-refractivity contribution in [3.8, 4) is 11.1 Å². The first kappa shape index (κ1) is 21.9. The van der Waals surface area contributed by atoms with Crippen LogP contribution in [0, 0.1) is 11.6 Å². The zero-order valence-electron chi connectivity index (χ0n) is 18.0. The Hall–Kier alpha value is -2.30. The summed E-state index contributed by atoms with van der Waals surface area (Å²) in [7, 11) is 0. The van der Waals surface area contributed by atoms with Crippen LogP contribution in [-0.4, -0.2) is 6.61 Å². The zero-order chi connectivity index (χ0) is 22.2. The second-order valence-corrected chi connectivity index (χ2v) is 8.55. The lowest BCUT2D eigenvalue weighted by Crippen LogP contribution is -2.19. The number of rotatable bonds is 7. The van der Waals surface area contributed by atoms with Crippen LogP contribution in [0.25, 0.3) is 11.1 Å². The van der Waals surface area contributed by atoms with E-state index < -0.39 is 28.7 Å². The van der Waals surface area contributed by atoms with Crippen LogP contribution in [0.15, 0.2) is 36.1 Å². The standard InChI is InChI=1S/C26H28F4O/c1-3-5-6-8-16-10-12-20-21-14-13-19(17-9-11-18(7-4-2)31-15-17)25(28)23(21)26(29,30)22(20)24(16)27/h10-14,17H,3-9,15H2,1-2H3. The number of unbranched alkanes of at least 4 members (excludes halogenated alkanes) is 2. The molecule has 2 aromatic rings. The second-order valence-electron chi connectivity index (χ2n) is 8.55. The molecule has 0 N–H and O–H groups in total. The second kappa shape index (κ2) is 8.68. The van der Waals surface area contributed by atoms with Crippen molar-refractivity contribution in [1.29, 1.82) is 0 Å². The van der Waals surface area contributed by atoms with E-state index in [9.17, 15) is 0 Å². The molecule has 1 unspecified atom stereocenters. The third-order valence-corrected chi connectivity index (χ3v) is 6.40. The van der Waals surface area contributed by atoms with E-state index in [1.807, 2.05) is 19.9 Å². The number of allylic oxidation sites excluding steroid dienone is 2. The summed E-state index contributed by atoms with van der Waals surface area (Å²) in [6.45, 7) is 4.34. The highest BCUT2D eigenvalue weighted by Crippen LogP contribution is 2.54. The first-order valence-electron chi connectivity index (χ1n) is 11.2. The van der Waals surface area contributed by atoms with E-state index >= 15 is 17.6 Å². The summed E-state index contributed by atoms with van der Waals surface area (Å²) in [5.41, 5.74) is -0.729. The fourth-order valence-corrected chi connectivity index (χ4v) is 4.72. The molecule has 0 radical (unpaired) electrons. The Morgan fingerprint density at radius 3 is 2.26 bits per heavy atom. The number of aryl methyl sites for hydroxylation is 1. The number of alkyl halides is 2. The van der Waals surface area contributed by atoms with Gasteiger partial charge in [-0.3, -0.25) is 0 Å². The molecule has 0 bridgehead atoms. The highest BCUT2D eigenvalue weighted by Gasteiger charge is 2.50. The van der Waals surface area contributed by atoms with Crippen LogP contribution < -0.4 is 0 Å². The molecule has 31 heavy (non-hydrogen) atoms. The summed E-state index contributed by atoms with van der Waals surface area (Å²) in [4.78, 5) is 0. The molecule has 1 aliphatic carbocycles. The monoisotopic (exact) mass is 432 g/mol. The number of hydrogen-bond acceptors (Lipinski definition) is 1. The third-order valence-electron chi connectivity index (χ3n) is 6.40. The Bertz CT molecular complexity index is 1010. The highest BCUT2D eigenvalue weighted by atomic mass is 19.3. The molecule has 1 nitrogen and oxygen atoms in total. The molecule has 0 saturated carbocycles. The van der Waals surface area contributed by atoms with Gasteiger partial charge >= 0.3 is 5.92 Å². The van der Waals surface area contributed by atoms with Gasteiger partial charge in [-0.2, -0.15) is 8.78 Å². The Kier molecular flexibility index (Phi) is 6.14. The van der Waals surface area contributed by atoms with Crippen LogP contribution in [0.4, 0.5) is 17.6 Å². The minimum absolute atomic E-state index is 0.0826. The highest BCUT2D eigenvalue weighted by molar-refractivity contribution is 5.80. The number of fused-ring (bicyclic) bond motifs is 3. The van der Waals surface area contributed by atoms with Gasteiger partial charge in [0, 0.05) is 12.3 Å². The van der Waals surface area contributed by atoms with Gasteiger partial charge in [0.1, 0.15) is 11.6 Å². The minimum atomic E-state index is -3.70. The summed E-state index contributed by atoms with van der Waals surface area (Å²) in [5.74, 6) is -5.00. The molecule has 1 aliphatic heterocycles. The van der Waals surface area contributed by atoms with Gasteiger partial charge in [-0.1, -0.05) is 51.0 Å². The summed E-state index contributed by atoms with van der Waals surface area (Å²) in [6, 6.07) is 6.14. The topological polar surface area (TPSA) is 9.23 Å². The van der Waals surface area contributed by atoms with Crippen molar-refractivity contribution < 1.29 is 22.3 Å². The molecular weight excluding hydrogens is 404 g/mol. The van der Waals surface area contributed by atoms with Crippen LogP contribution in [0.5, 0.6) is 0 Å². The summed E-state index contributed by atoms with van der Waals surface area (Å²) >= 11 is 0. The number of ether oxygens (including phenoxy) is 1. The van der Waals surface area contributed by atoms with Gasteiger partial charge < -0.3 is 4.74 Å². The molecule has 0 amide bonds. The van der Waals surface area contributed by atoms with E-state index in [1.165, 1.54) is 12.1 Å². The van der Waals surface area contributed by atoms with Crippen molar-refractivity contribution in [2.24, 2.45) is 0 Å². The lowest BCUT2D eigenvalue weighted by Gasteiger charge is -2.25. The lowest BCUT2D eigenvalue weighted by molar-refractivity contribution is 0.0399. The molecule has 0 aromatic heterocycles. The molecule has 4 rings (SSSR count). The molecule has 1 atom stereocenters. The SMILES string of the molecule is CCCCCc1ccc2c(c1F)C(F)(F)c1c-2ccc(C2CC=C(CCC)OC2)c1F. The van der Waals surface area contributed by atoms with Gasteiger partial charge in [-0.15, -0.1) is 0 Å². The molecule has 0 fully saturated rings. The van der Waals surface area contributed by atoms with Gasteiger partial charge in [0.05, 0.1) is 23.5 Å². The number of benzene rings is 2. The first-order chi connectivity index (χ1) is 14.9. The normalized spacial score (nSPS) is 18.9. The third kappa shape index (κ3) is 3.77. The maximum Gasteiger partial charge on any atom is 0.305 e. The maximum atomic E-state index is 15.5. The van der Waals surface area contributed by atoms with Crippen molar-refractivity contribution in [2.45, 2.75) is 70.6 Å².